The van der Waals surface area contributed by atoms with Gasteiger partial charge in [-0.15, -0.1) is 0 Å². The molecular formula is C9H10N4O2. The largest absolute Gasteiger partial charge is 0.480 e. The molecule has 0 aliphatic carbocycles. The first-order valence-corrected chi connectivity index (χ1v) is 4.39. The Morgan fingerprint density at radius 3 is 2.87 bits per heavy atom. The van der Waals surface area contributed by atoms with Crippen LogP contribution in [0.25, 0.3) is 0 Å². The fraction of sp³-hybridized carbons (Fsp3) is 0.333. The summed E-state index contributed by atoms with van der Waals surface area (Å²) in [6.07, 6.45) is 3.18. The Bertz CT molecular complexity index is 399. The predicted molar refractivity (Wildman–Crippen MR) is 52.1 cm³/mol. The topological polar surface area (TPSA) is 98.9 Å². The van der Waals surface area contributed by atoms with Gasteiger partial charge in [-0.05, 0) is 6.42 Å². The maximum Gasteiger partial charge on any atom is 0.326 e. The number of rotatable bonds is 4. The molecule has 0 saturated carbocycles. The number of carboxylic acids is 1. The van der Waals surface area contributed by atoms with Gasteiger partial charge < -0.3 is 10.4 Å². The molecule has 2 N–H and O–H groups in total. The van der Waals surface area contributed by atoms with Gasteiger partial charge in [-0.3, -0.25) is 0 Å². The minimum absolute atomic E-state index is 0.0946. The molecule has 1 atom stereocenters. The van der Waals surface area contributed by atoms with Crippen LogP contribution in [-0.2, 0) is 4.79 Å². The lowest BCUT2D eigenvalue weighted by Gasteiger charge is -2.12. The standard InChI is InChI=1S/C9H10N4O2/c1-2-6(9(14)15)13-8-7(5-10)11-3-4-12-8/h3-4,6H,2H2,1H3,(H,12,13)(H,14,15). The van der Waals surface area contributed by atoms with Crippen molar-refractivity contribution in [3.05, 3.63) is 18.1 Å². The van der Waals surface area contributed by atoms with E-state index in [9.17, 15) is 4.79 Å². The van der Waals surface area contributed by atoms with Crippen molar-refractivity contribution in [2.24, 2.45) is 0 Å². The number of aliphatic carboxylic acids is 1. The zero-order valence-electron chi connectivity index (χ0n) is 8.14. The van der Waals surface area contributed by atoms with Crippen LogP contribution in [0.2, 0.25) is 0 Å². The van der Waals surface area contributed by atoms with Gasteiger partial charge in [0, 0.05) is 12.4 Å². The van der Waals surface area contributed by atoms with Gasteiger partial charge in [0.2, 0.25) is 0 Å². The van der Waals surface area contributed by atoms with Crippen molar-refractivity contribution in [3.8, 4) is 6.07 Å². The second-order valence-electron chi connectivity index (χ2n) is 2.81. The summed E-state index contributed by atoms with van der Waals surface area (Å²) in [4.78, 5) is 18.4. The smallest absolute Gasteiger partial charge is 0.326 e. The van der Waals surface area contributed by atoms with Crippen molar-refractivity contribution in [2.45, 2.75) is 19.4 Å². The van der Waals surface area contributed by atoms with E-state index in [2.05, 4.69) is 15.3 Å². The van der Waals surface area contributed by atoms with E-state index in [1.807, 2.05) is 6.07 Å². The molecule has 0 spiro atoms. The number of hydrogen-bond donors (Lipinski definition) is 2. The van der Waals surface area contributed by atoms with Gasteiger partial charge in [0.15, 0.2) is 11.5 Å². The summed E-state index contributed by atoms with van der Waals surface area (Å²) in [5, 5.41) is 20.2. The minimum atomic E-state index is -0.980. The van der Waals surface area contributed by atoms with Crippen molar-refractivity contribution in [1.29, 1.82) is 5.26 Å². The quantitative estimate of drug-likeness (QED) is 0.749. The summed E-state index contributed by atoms with van der Waals surface area (Å²) in [5.41, 5.74) is 0.0946. The molecule has 1 aromatic heterocycles. The summed E-state index contributed by atoms with van der Waals surface area (Å²) in [5.74, 6) is -0.777. The fourth-order valence-electron chi connectivity index (χ4n) is 1.03. The summed E-state index contributed by atoms with van der Waals surface area (Å²) in [7, 11) is 0. The van der Waals surface area contributed by atoms with E-state index in [0.29, 0.717) is 6.42 Å². The van der Waals surface area contributed by atoms with Crippen LogP contribution in [0.4, 0.5) is 5.82 Å². The van der Waals surface area contributed by atoms with E-state index >= 15 is 0 Å². The van der Waals surface area contributed by atoms with Crippen molar-refractivity contribution in [2.75, 3.05) is 5.32 Å². The van der Waals surface area contributed by atoms with Crippen LogP contribution in [0.3, 0.4) is 0 Å². The van der Waals surface area contributed by atoms with Crippen molar-refractivity contribution in [1.82, 2.24) is 9.97 Å². The summed E-state index contributed by atoms with van der Waals surface area (Å²) in [6, 6.07) is 1.08. The highest BCUT2D eigenvalue weighted by Gasteiger charge is 2.16. The van der Waals surface area contributed by atoms with E-state index in [4.69, 9.17) is 10.4 Å². The highest BCUT2D eigenvalue weighted by atomic mass is 16.4. The summed E-state index contributed by atoms with van der Waals surface area (Å²) in [6.45, 7) is 1.73. The number of anilines is 1. The average Bonchev–Trinajstić information content (AvgIpc) is 2.25. The molecule has 78 valence electrons. The molecule has 0 aliphatic rings. The van der Waals surface area contributed by atoms with Gasteiger partial charge in [0.1, 0.15) is 12.1 Å². The first kappa shape index (κ1) is 10.9. The normalized spacial score (nSPS) is 11.5. The number of hydrogen-bond acceptors (Lipinski definition) is 5. The molecule has 1 rings (SSSR count). The van der Waals surface area contributed by atoms with Crippen LogP contribution < -0.4 is 5.32 Å². The lowest BCUT2D eigenvalue weighted by molar-refractivity contribution is -0.137. The van der Waals surface area contributed by atoms with Crippen LogP contribution in [0.1, 0.15) is 19.0 Å². The molecule has 1 aromatic rings. The van der Waals surface area contributed by atoms with Crippen molar-refractivity contribution in [3.63, 3.8) is 0 Å². The number of carboxylic acid groups (broad SMARTS) is 1. The minimum Gasteiger partial charge on any atom is -0.480 e. The lowest BCUT2D eigenvalue weighted by atomic mass is 10.2. The van der Waals surface area contributed by atoms with E-state index in [1.165, 1.54) is 12.4 Å². The maximum atomic E-state index is 10.7. The third-order valence-corrected chi connectivity index (χ3v) is 1.82. The van der Waals surface area contributed by atoms with Gasteiger partial charge in [-0.2, -0.15) is 5.26 Å². The Hall–Kier alpha value is -2.16. The Morgan fingerprint density at radius 1 is 1.67 bits per heavy atom. The van der Waals surface area contributed by atoms with Crippen LogP contribution in [0, 0.1) is 11.3 Å². The number of nitrogens with zero attached hydrogens (tertiary/aromatic N) is 3. The first-order valence-electron chi connectivity index (χ1n) is 4.39. The number of aromatic nitrogens is 2. The lowest BCUT2D eigenvalue weighted by Crippen LogP contribution is -2.29. The Kier molecular flexibility index (Phi) is 3.57. The summed E-state index contributed by atoms with van der Waals surface area (Å²) >= 11 is 0. The zero-order chi connectivity index (χ0) is 11.3. The van der Waals surface area contributed by atoms with Crippen LogP contribution in [-0.4, -0.2) is 27.1 Å². The molecule has 0 radical (unpaired) electrons. The Balaban J connectivity index is 2.89. The highest BCUT2D eigenvalue weighted by molar-refractivity contribution is 5.77. The highest BCUT2D eigenvalue weighted by Crippen LogP contribution is 2.09. The molecule has 0 fully saturated rings. The monoisotopic (exact) mass is 206 g/mol. The molecule has 1 heterocycles. The van der Waals surface area contributed by atoms with Crippen LogP contribution in [0.5, 0.6) is 0 Å². The molecule has 15 heavy (non-hydrogen) atoms. The Morgan fingerprint density at radius 2 is 2.33 bits per heavy atom. The molecule has 0 bridgehead atoms. The van der Waals surface area contributed by atoms with Crippen molar-refractivity contribution < 1.29 is 9.90 Å². The SMILES string of the molecule is CCC(Nc1nccnc1C#N)C(=O)O. The number of nitrogens with one attached hydrogen (secondary N) is 1. The van der Waals surface area contributed by atoms with E-state index in [-0.39, 0.29) is 11.5 Å². The molecule has 0 aromatic carbocycles. The molecule has 1 unspecified atom stereocenters. The second-order valence-corrected chi connectivity index (χ2v) is 2.81. The maximum absolute atomic E-state index is 10.7. The van der Waals surface area contributed by atoms with E-state index in [1.54, 1.807) is 6.92 Å². The number of nitriles is 1. The summed E-state index contributed by atoms with van der Waals surface area (Å²) < 4.78 is 0. The van der Waals surface area contributed by atoms with E-state index < -0.39 is 12.0 Å². The van der Waals surface area contributed by atoms with Gasteiger partial charge in [-0.1, -0.05) is 6.92 Å². The average molecular weight is 206 g/mol. The van der Waals surface area contributed by atoms with Crippen LogP contribution in [0.15, 0.2) is 12.4 Å². The third kappa shape index (κ3) is 2.64. The van der Waals surface area contributed by atoms with Crippen LogP contribution >= 0.6 is 0 Å². The zero-order valence-corrected chi connectivity index (χ0v) is 8.14. The molecule has 6 heteroatoms. The third-order valence-electron chi connectivity index (χ3n) is 1.82. The Labute approximate surface area is 86.6 Å². The van der Waals surface area contributed by atoms with Gasteiger partial charge >= 0.3 is 5.97 Å². The van der Waals surface area contributed by atoms with Crippen molar-refractivity contribution >= 4 is 11.8 Å². The molecule has 0 amide bonds. The molecule has 6 nitrogen and oxygen atoms in total. The van der Waals surface area contributed by atoms with E-state index in [0.717, 1.165) is 0 Å². The predicted octanol–water partition coefficient (Wildman–Crippen LogP) is 0.623. The molecule has 0 saturated heterocycles. The molecular weight excluding hydrogens is 196 g/mol. The van der Waals surface area contributed by atoms with Gasteiger partial charge in [0.25, 0.3) is 0 Å². The second kappa shape index (κ2) is 4.91. The van der Waals surface area contributed by atoms with Gasteiger partial charge in [-0.25, -0.2) is 14.8 Å². The molecule has 0 aliphatic heterocycles. The van der Waals surface area contributed by atoms with Gasteiger partial charge in [0.05, 0.1) is 0 Å². The number of carbonyl (C=O) groups is 1. The first-order chi connectivity index (χ1) is 7.19. The fourth-order valence-corrected chi connectivity index (χ4v) is 1.03.